The number of nitrogen functional groups attached to an aromatic ring is 1. The van der Waals surface area contributed by atoms with Crippen molar-refractivity contribution in [3.05, 3.63) is 65.2 Å². The second kappa shape index (κ2) is 6.75. The molecule has 20 heavy (non-hydrogen) atoms. The molecule has 0 radical (unpaired) electrons. The molecule has 3 heteroatoms. The first-order valence-electron chi connectivity index (χ1n) is 6.80. The molecule has 3 nitrogen and oxygen atoms in total. The zero-order chi connectivity index (χ0) is 14.4. The lowest BCUT2D eigenvalue weighted by atomic mass is 10.1. The molecule has 0 aromatic heterocycles. The van der Waals surface area contributed by atoms with Gasteiger partial charge in [-0.15, -0.1) is 0 Å². The molecule has 0 aliphatic carbocycles. The number of hydrogen-bond donors (Lipinski definition) is 2. The van der Waals surface area contributed by atoms with Gasteiger partial charge in [-0.2, -0.15) is 0 Å². The maximum Gasteiger partial charge on any atom is 0.224 e. The van der Waals surface area contributed by atoms with Crippen LogP contribution in [0.5, 0.6) is 0 Å². The quantitative estimate of drug-likeness (QED) is 0.819. The van der Waals surface area contributed by atoms with Crippen LogP contribution in [-0.4, -0.2) is 12.5 Å². The first-order valence-corrected chi connectivity index (χ1v) is 6.80. The molecule has 0 unspecified atom stereocenters. The monoisotopic (exact) mass is 268 g/mol. The highest BCUT2D eigenvalue weighted by molar-refractivity contribution is 5.78. The Balaban J connectivity index is 1.76. The average molecular weight is 268 g/mol. The molecular weight excluding hydrogens is 248 g/mol. The smallest absolute Gasteiger partial charge is 0.224 e. The number of hydrogen-bond acceptors (Lipinski definition) is 2. The summed E-state index contributed by atoms with van der Waals surface area (Å²) in [5.41, 5.74) is 9.80. The summed E-state index contributed by atoms with van der Waals surface area (Å²) in [6.45, 7) is 2.68. The molecule has 0 aliphatic rings. The highest BCUT2D eigenvalue weighted by atomic mass is 16.1. The normalized spacial score (nSPS) is 10.2. The maximum absolute atomic E-state index is 11.8. The van der Waals surface area contributed by atoms with E-state index in [9.17, 15) is 4.79 Å². The van der Waals surface area contributed by atoms with Gasteiger partial charge >= 0.3 is 0 Å². The van der Waals surface area contributed by atoms with Crippen molar-refractivity contribution in [3.8, 4) is 0 Å². The summed E-state index contributed by atoms with van der Waals surface area (Å²) in [6.07, 6.45) is 1.25. The van der Waals surface area contributed by atoms with E-state index in [0.29, 0.717) is 13.0 Å². The van der Waals surface area contributed by atoms with Gasteiger partial charge < -0.3 is 11.1 Å². The molecule has 0 saturated carbocycles. The molecule has 0 heterocycles. The van der Waals surface area contributed by atoms with Gasteiger partial charge in [0.15, 0.2) is 0 Å². The number of aryl methyl sites for hydroxylation is 1. The Labute approximate surface area is 119 Å². The average Bonchev–Trinajstić information content (AvgIpc) is 2.41. The van der Waals surface area contributed by atoms with Gasteiger partial charge in [0.25, 0.3) is 0 Å². The van der Waals surface area contributed by atoms with Gasteiger partial charge in [0.2, 0.25) is 5.91 Å². The van der Waals surface area contributed by atoms with E-state index < -0.39 is 0 Å². The van der Waals surface area contributed by atoms with Crippen molar-refractivity contribution >= 4 is 11.6 Å². The molecule has 0 bridgehead atoms. The summed E-state index contributed by atoms with van der Waals surface area (Å²) in [7, 11) is 0. The lowest BCUT2D eigenvalue weighted by molar-refractivity contribution is -0.120. The largest absolute Gasteiger partial charge is 0.399 e. The fraction of sp³-hybridized carbons (Fsp3) is 0.235. The van der Waals surface area contributed by atoms with Crippen molar-refractivity contribution in [1.29, 1.82) is 0 Å². The predicted molar refractivity (Wildman–Crippen MR) is 82.5 cm³/mol. The highest BCUT2D eigenvalue weighted by Crippen LogP contribution is 2.06. The Hall–Kier alpha value is -2.29. The van der Waals surface area contributed by atoms with Crippen LogP contribution in [0.1, 0.15) is 16.7 Å². The van der Waals surface area contributed by atoms with E-state index >= 15 is 0 Å². The SMILES string of the molecule is Cc1cccc(CC(=O)NCCc2ccc(N)cc2)c1. The lowest BCUT2D eigenvalue weighted by Crippen LogP contribution is -2.27. The summed E-state index contributed by atoms with van der Waals surface area (Å²) in [5.74, 6) is 0.0612. The number of anilines is 1. The van der Waals surface area contributed by atoms with Crippen molar-refractivity contribution in [1.82, 2.24) is 5.32 Å². The van der Waals surface area contributed by atoms with Gasteiger partial charge in [-0.1, -0.05) is 42.0 Å². The van der Waals surface area contributed by atoms with E-state index in [4.69, 9.17) is 5.73 Å². The van der Waals surface area contributed by atoms with E-state index in [1.54, 1.807) is 0 Å². The van der Waals surface area contributed by atoms with Crippen molar-refractivity contribution in [2.45, 2.75) is 19.8 Å². The van der Waals surface area contributed by atoms with Gasteiger partial charge in [0.05, 0.1) is 6.42 Å². The molecular formula is C17H20N2O. The van der Waals surface area contributed by atoms with Crippen molar-refractivity contribution in [2.75, 3.05) is 12.3 Å². The molecule has 2 aromatic carbocycles. The minimum absolute atomic E-state index is 0.0612. The molecule has 2 aromatic rings. The number of nitrogens with two attached hydrogens (primary N) is 1. The van der Waals surface area contributed by atoms with Gasteiger partial charge in [-0.3, -0.25) is 4.79 Å². The van der Waals surface area contributed by atoms with Crippen LogP contribution in [0.2, 0.25) is 0 Å². The second-order valence-corrected chi connectivity index (χ2v) is 5.01. The molecule has 1 amide bonds. The van der Waals surface area contributed by atoms with Crippen LogP contribution in [0.4, 0.5) is 5.69 Å². The van der Waals surface area contributed by atoms with Crippen LogP contribution < -0.4 is 11.1 Å². The number of nitrogens with one attached hydrogen (secondary N) is 1. The summed E-state index contributed by atoms with van der Waals surface area (Å²) < 4.78 is 0. The van der Waals surface area contributed by atoms with Gasteiger partial charge in [0, 0.05) is 12.2 Å². The number of rotatable bonds is 5. The maximum atomic E-state index is 11.8. The highest BCUT2D eigenvalue weighted by Gasteiger charge is 2.03. The Morgan fingerprint density at radius 2 is 1.85 bits per heavy atom. The van der Waals surface area contributed by atoms with Crippen molar-refractivity contribution in [2.24, 2.45) is 0 Å². The molecule has 0 atom stereocenters. The Morgan fingerprint density at radius 3 is 2.55 bits per heavy atom. The second-order valence-electron chi connectivity index (χ2n) is 5.01. The van der Waals surface area contributed by atoms with E-state index in [1.807, 2.05) is 55.5 Å². The topological polar surface area (TPSA) is 55.1 Å². The van der Waals surface area contributed by atoms with Crippen LogP contribution in [0, 0.1) is 6.92 Å². The zero-order valence-corrected chi connectivity index (χ0v) is 11.7. The number of carbonyl (C=O) groups is 1. The minimum atomic E-state index is 0.0612. The van der Waals surface area contributed by atoms with Crippen LogP contribution >= 0.6 is 0 Å². The summed E-state index contributed by atoms with van der Waals surface area (Å²) in [5, 5.41) is 2.94. The van der Waals surface area contributed by atoms with E-state index in [0.717, 1.165) is 17.7 Å². The fourth-order valence-corrected chi connectivity index (χ4v) is 2.10. The van der Waals surface area contributed by atoms with Crippen LogP contribution in [-0.2, 0) is 17.6 Å². The van der Waals surface area contributed by atoms with Crippen LogP contribution in [0.25, 0.3) is 0 Å². The lowest BCUT2D eigenvalue weighted by Gasteiger charge is -2.06. The third kappa shape index (κ3) is 4.43. The van der Waals surface area contributed by atoms with Crippen molar-refractivity contribution in [3.63, 3.8) is 0 Å². The summed E-state index contributed by atoms with van der Waals surface area (Å²) in [4.78, 5) is 11.8. The molecule has 0 fully saturated rings. The third-order valence-electron chi connectivity index (χ3n) is 3.16. The van der Waals surface area contributed by atoms with E-state index in [-0.39, 0.29) is 5.91 Å². The minimum Gasteiger partial charge on any atom is -0.399 e. The number of amides is 1. The van der Waals surface area contributed by atoms with Crippen LogP contribution in [0.15, 0.2) is 48.5 Å². The molecule has 104 valence electrons. The Kier molecular flexibility index (Phi) is 4.77. The summed E-state index contributed by atoms with van der Waals surface area (Å²) >= 11 is 0. The molecule has 2 rings (SSSR count). The molecule has 3 N–H and O–H groups in total. The molecule has 0 aliphatic heterocycles. The van der Waals surface area contributed by atoms with Crippen molar-refractivity contribution < 1.29 is 4.79 Å². The fourth-order valence-electron chi connectivity index (χ4n) is 2.10. The van der Waals surface area contributed by atoms with Gasteiger partial charge in [0.1, 0.15) is 0 Å². The zero-order valence-electron chi connectivity index (χ0n) is 11.7. The third-order valence-corrected chi connectivity index (χ3v) is 3.16. The Morgan fingerprint density at radius 1 is 1.10 bits per heavy atom. The predicted octanol–water partition coefficient (Wildman–Crippen LogP) is 2.48. The number of benzene rings is 2. The summed E-state index contributed by atoms with van der Waals surface area (Å²) in [6, 6.07) is 15.8. The standard InChI is InChI=1S/C17H20N2O/c1-13-3-2-4-15(11-13)12-17(20)19-10-9-14-5-7-16(18)8-6-14/h2-8,11H,9-10,12,18H2,1H3,(H,19,20). The van der Waals surface area contributed by atoms with Gasteiger partial charge in [-0.25, -0.2) is 0 Å². The van der Waals surface area contributed by atoms with Crippen LogP contribution in [0.3, 0.4) is 0 Å². The first-order chi connectivity index (χ1) is 9.63. The Bertz CT molecular complexity index is 576. The van der Waals surface area contributed by atoms with E-state index in [1.165, 1.54) is 11.1 Å². The first kappa shape index (κ1) is 14.1. The molecule has 0 saturated heterocycles. The number of carbonyl (C=O) groups excluding carboxylic acids is 1. The molecule has 0 spiro atoms. The van der Waals surface area contributed by atoms with Gasteiger partial charge in [-0.05, 0) is 36.6 Å². The van der Waals surface area contributed by atoms with E-state index in [2.05, 4.69) is 5.32 Å².